The van der Waals surface area contributed by atoms with Gasteiger partial charge in [0.1, 0.15) is 60.3 Å². The molecule has 4 fully saturated rings. The number of aromatic nitrogens is 7. The molecule has 4 saturated heterocycles. The molecule has 118 heavy (non-hydrogen) atoms. The Hall–Kier alpha value is -10.9. The SMILES string of the molecule is CC(=NC#N)N(C)Cc1ccc(Cl)nc1.CCN(Cc1ccc(Cl)nc1)/C(=C/[N+](=O)[O-])NC.CN/C(=N\[N+](=O)[O-])NCc1cnc(Cl)s1.CN1CN(C)/C(=N\[N+](=O)[O-])N(Cc2cnc(Cl)s2)C1.CN1COCN(Cc2cnc(Cl)s2)/C1=N/[N+](=O)[O-].N#CN=C1SCCN1Cc1ccc(Cl)nc1.O=[N+]([O-])/N=C1\NCCN1Cc1ccc(Cl)nc1. The lowest BCUT2D eigenvalue weighted by molar-refractivity contribution is -0.486. The summed E-state index contributed by atoms with van der Waals surface area (Å²) in [6.07, 6.45) is 16.2. The normalized spacial score (nSPS) is 15.3. The van der Waals surface area contributed by atoms with Crippen molar-refractivity contribution in [3.8, 4) is 12.4 Å². The summed E-state index contributed by atoms with van der Waals surface area (Å²) in [5, 5.41) is 92.9. The molecule has 0 spiro atoms. The highest BCUT2D eigenvalue weighted by atomic mass is 35.5. The third kappa shape index (κ3) is 37.2. The largest absolute Gasteiger partial charge is 0.370 e. The van der Waals surface area contributed by atoms with E-state index >= 15 is 0 Å². The lowest BCUT2D eigenvalue weighted by Crippen LogP contribution is -2.55. The van der Waals surface area contributed by atoms with Crippen molar-refractivity contribution in [2.24, 2.45) is 30.4 Å². The number of nitriles is 2. The van der Waals surface area contributed by atoms with Crippen LogP contribution in [0, 0.1) is 73.5 Å². The number of thiazole rings is 3. The average molecular weight is 1850 g/mol. The van der Waals surface area contributed by atoms with Crippen molar-refractivity contribution in [2.75, 3.05) is 101 Å². The molecule has 0 saturated carbocycles. The van der Waals surface area contributed by atoms with Crippen LogP contribution < -0.4 is 21.3 Å². The van der Waals surface area contributed by atoms with E-state index in [-0.39, 0.29) is 31.3 Å². The van der Waals surface area contributed by atoms with Crippen molar-refractivity contribution in [1.29, 1.82) is 10.5 Å². The second-order valence-corrected chi connectivity index (χ2v) is 31.3. The number of halogens is 7. The Morgan fingerprint density at radius 1 is 0.602 bits per heavy atom. The first-order valence-corrected chi connectivity index (χ1v) is 39.9. The first-order valence-electron chi connectivity index (χ1n) is 33.8. The van der Waals surface area contributed by atoms with Gasteiger partial charge in [0.15, 0.2) is 44.5 Å². The van der Waals surface area contributed by atoms with Crippen molar-refractivity contribution < 1.29 is 29.8 Å². The fraction of sp³-hybridized carbons (Fsp3) is 0.381. The quantitative estimate of drug-likeness (QED) is 0.0122. The molecule has 11 rings (SSSR count). The second-order valence-electron chi connectivity index (χ2n) is 23.6. The van der Waals surface area contributed by atoms with Gasteiger partial charge in [-0.2, -0.15) is 15.5 Å². The van der Waals surface area contributed by atoms with E-state index in [9.17, 15) is 50.6 Å². The minimum absolute atomic E-state index is 0.0875. The number of amidine groups is 2. The van der Waals surface area contributed by atoms with Crippen LogP contribution in [-0.2, 0) is 50.6 Å². The number of rotatable bonds is 22. The Kier molecular flexibility index (Phi) is 43.1. The van der Waals surface area contributed by atoms with Crippen LogP contribution in [0.2, 0.25) is 34.0 Å². The number of pyridine rings is 4. The van der Waals surface area contributed by atoms with Gasteiger partial charge in [0.2, 0.25) is 12.4 Å². The summed E-state index contributed by atoms with van der Waals surface area (Å²) in [5.74, 6) is 3.07. The Morgan fingerprint density at radius 2 is 1.10 bits per heavy atom. The van der Waals surface area contributed by atoms with Crippen LogP contribution in [0.5, 0.6) is 0 Å². The van der Waals surface area contributed by atoms with Crippen LogP contribution in [-0.4, -0.2) is 240 Å². The standard InChI is InChI=1S/C11H15ClN4O2.C10H9ClN4S.C10H11ClN4.C9H13ClN6O2S.C9H10ClN5O2.C8H10ClN5O3S.C6H8ClN5O2S/c1-3-15(11(13-2)8-16(17)18)7-9-4-5-10(12)14-6-9;11-9-2-1-8(5-13-9)6-15-3-4-16-10(15)14-7-12;1-8(14-7-12)15(2)6-9-3-4-10(11)13-5-9;1-13-5-14(2)9(12-16(17)18)15(6-13)4-7-3-11-8(10)19-7;10-8-2-1-7(5-12-8)6-14-4-3-11-9(14)13-15(16)17;1-12-4-17-5-13(8(12)11-14(15)16)3-6-2-10-7(9)18-6;1-8-6(11-12(13)14)10-3-4-2-9-5(7)15-4/h4-6,8,13H,3,7H2,1-2H3;1-2,5H,3-4,6H2;3-5H,6H2,1-2H3;3H,4-6H2,1-2H3;1-2,5H,3-4,6H2,(H,11,13);2H,3-5H2,1H3;2H,3H2,1H3,(H2,8,10,11)/b11-8+;;;12-9+;;11-8+;. The molecule has 0 aromatic carbocycles. The first-order chi connectivity index (χ1) is 56.3. The molecule has 0 bridgehead atoms. The van der Waals surface area contributed by atoms with Crippen LogP contribution in [0.15, 0.2) is 134 Å². The summed E-state index contributed by atoms with van der Waals surface area (Å²) in [7, 11) is 10.4. The van der Waals surface area contributed by atoms with Gasteiger partial charge in [-0.1, -0.05) is 117 Å². The van der Waals surface area contributed by atoms with E-state index < -0.39 is 25.1 Å². The number of aliphatic imine (C=N–C) groups is 2. The minimum atomic E-state index is -0.779. The zero-order chi connectivity index (χ0) is 86.8. The van der Waals surface area contributed by atoms with Crippen LogP contribution in [0.25, 0.3) is 0 Å². The average Bonchev–Trinajstić information content (AvgIpc) is 1.76. The number of ether oxygens (including phenoxy) is 1. The zero-order valence-corrected chi connectivity index (χ0v) is 72.3. The number of hydrogen-bond acceptors (Lipinski definition) is 29. The summed E-state index contributed by atoms with van der Waals surface area (Å²) in [6, 6.07) is 14.4. The van der Waals surface area contributed by atoms with Gasteiger partial charge in [0.25, 0.3) is 30.0 Å². The molecule has 0 unspecified atom stereocenters. The van der Waals surface area contributed by atoms with Gasteiger partial charge in [0, 0.05) is 151 Å². The summed E-state index contributed by atoms with van der Waals surface area (Å²) in [5.41, 5.74) is 3.95. The Bertz CT molecular complexity index is 4720. The second kappa shape index (κ2) is 52.0. The molecular formula is C63H76Cl7N33O11S4. The zero-order valence-electron chi connectivity index (χ0n) is 63.8. The van der Waals surface area contributed by atoms with E-state index in [4.69, 9.17) is 96.5 Å². The topological polar surface area (TPSA) is 514 Å². The van der Waals surface area contributed by atoms with Gasteiger partial charge in [-0.05, 0) is 67.4 Å². The summed E-state index contributed by atoms with van der Waals surface area (Å²) in [4.78, 5) is 106. The molecule has 4 aliphatic heterocycles. The molecule has 11 heterocycles. The van der Waals surface area contributed by atoms with E-state index in [1.807, 2.05) is 71.1 Å². The molecule has 0 amide bonds. The maximum absolute atomic E-state index is 10.6. The summed E-state index contributed by atoms with van der Waals surface area (Å²) < 4.78 is 6.61. The lowest BCUT2D eigenvalue weighted by atomic mass is 10.2. The van der Waals surface area contributed by atoms with Crippen molar-refractivity contribution >= 4 is 162 Å². The van der Waals surface area contributed by atoms with Gasteiger partial charge >= 0.3 is 0 Å². The third-order valence-corrected chi connectivity index (χ3v) is 20.1. The molecule has 44 nitrogen and oxygen atoms in total. The molecule has 4 N–H and O–H groups in total. The number of nitro groups is 5. The number of hydrogen-bond donors (Lipinski definition) is 4. The number of nitrogens with one attached hydrogen (secondary N) is 4. The minimum Gasteiger partial charge on any atom is -0.370 e. The van der Waals surface area contributed by atoms with Crippen LogP contribution in [0.1, 0.15) is 50.7 Å². The highest BCUT2D eigenvalue weighted by Gasteiger charge is 2.29. The van der Waals surface area contributed by atoms with Crippen molar-refractivity contribution in [3.05, 3.63) is 225 Å². The highest BCUT2D eigenvalue weighted by Crippen LogP contribution is 2.25. The predicted octanol–water partition coefficient (Wildman–Crippen LogP) is 9.34. The highest BCUT2D eigenvalue weighted by molar-refractivity contribution is 8.14. The Labute approximate surface area is 726 Å². The fourth-order valence-electron chi connectivity index (χ4n) is 9.81. The van der Waals surface area contributed by atoms with E-state index in [2.05, 4.69) is 91.4 Å². The molecule has 4 aliphatic rings. The molecule has 0 aliphatic carbocycles. The molecule has 7 aromatic rings. The monoisotopic (exact) mass is 1840 g/mol. The maximum atomic E-state index is 10.6. The van der Waals surface area contributed by atoms with Gasteiger partial charge in [-0.3, -0.25) is 15.0 Å². The van der Waals surface area contributed by atoms with Gasteiger partial charge < -0.3 is 65.2 Å². The van der Waals surface area contributed by atoms with Gasteiger partial charge in [0.05, 0.1) is 37.9 Å². The predicted molar refractivity (Wildman–Crippen MR) is 452 cm³/mol. The lowest BCUT2D eigenvalue weighted by Gasteiger charge is -2.39. The van der Waals surface area contributed by atoms with Gasteiger partial charge in [-0.15, -0.1) is 39.0 Å². The number of hydrazone groups is 4. The molecule has 0 radical (unpaired) electrons. The molecule has 7 aromatic heterocycles. The number of guanidine groups is 4. The smallest absolute Gasteiger partial charge is 0.277 e. The number of nitrogens with zero attached hydrogens (tertiary/aromatic N) is 29. The van der Waals surface area contributed by atoms with Crippen molar-refractivity contribution in [2.45, 2.75) is 59.7 Å². The van der Waals surface area contributed by atoms with E-state index in [1.54, 1.807) is 133 Å². The first kappa shape index (κ1) is 97.7. The van der Waals surface area contributed by atoms with E-state index in [1.165, 1.54) is 41.1 Å². The summed E-state index contributed by atoms with van der Waals surface area (Å²) >= 11 is 45.5. The molecular weight excluding hydrogens is 1770 g/mol. The summed E-state index contributed by atoms with van der Waals surface area (Å²) in [6.45, 7) is 12.0. The van der Waals surface area contributed by atoms with Gasteiger partial charge in [-0.25, -0.2) is 75.3 Å². The Balaban J connectivity index is 0.000000246. The van der Waals surface area contributed by atoms with Crippen LogP contribution >= 0.6 is 127 Å². The van der Waals surface area contributed by atoms with E-state index in [0.717, 1.165) is 67.1 Å². The number of thioether (sulfide) groups is 1. The fourth-order valence-corrected chi connectivity index (χ4v) is 14.1. The Morgan fingerprint density at radius 3 is 1.55 bits per heavy atom. The van der Waals surface area contributed by atoms with E-state index in [0.29, 0.717) is 124 Å². The molecule has 632 valence electrons. The molecule has 0 atom stereocenters. The molecule has 55 heteroatoms. The van der Waals surface area contributed by atoms with Crippen molar-refractivity contribution in [3.63, 3.8) is 0 Å². The third-order valence-electron chi connectivity index (χ3n) is 14.9. The maximum Gasteiger partial charge on any atom is 0.277 e. The van der Waals surface area contributed by atoms with Crippen LogP contribution in [0.4, 0.5) is 0 Å². The van der Waals surface area contributed by atoms with Crippen molar-refractivity contribution in [1.82, 2.24) is 100 Å². The van der Waals surface area contributed by atoms with Crippen LogP contribution in [0.3, 0.4) is 0 Å².